The van der Waals surface area contributed by atoms with Crippen molar-refractivity contribution in [2.24, 2.45) is 0 Å². The minimum Gasteiger partial charge on any atom is -0.339 e. The first-order valence-corrected chi connectivity index (χ1v) is 20.8. The molecule has 0 aliphatic carbocycles. The van der Waals surface area contributed by atoms with Crippen molar-refractivity contribution in [3.8, 4) is 22.3 Å². The second-order valence-electron chi connectivity index (χ2n) is 15.3. The zero-order valence-electron chi connectivity index (χ0n) is 35.1. The van der Waals surface area contributed by atoms with Gasteiger partial charge in [0.25, 0.3) is 11.4 Å². The number of carbonyl (C=O) groups excluding carboxylic acids is 4. The van der Waals surface area contributed by atoms with Gasteiger partial charge in [-0.1, -0.05) is 60.3 Å². The summed E-state index contributed by atoms with van der Waals surface area (Å²) < 4.78 is 0. The van der Waals surface area contributed by atoms with E-state index in [2.05, 4.69) is 0 Å². The smallest absolute Gasteiger partial charge is 0.291 e. The molecule has 15 heteroatoms. The zero-order chi connectivity index (χ0) is 44.1. The fourth-order valence-electron chi connectivity index (χ4n) is 7.52. The first-order chi connectivity index (χ1) is 29.0. The maximum atomic E-state index is 13.3. The lowest BCUT2D eigenvalue weighted by atomic mass is 9.94. The van der Waals surface area contributed by atoms with E-state index in [1.807, 2.05) is 52.0 Å². The molecule has 0 radical (unpaired) electrons. The molecule has 2 aliphatic rings. The van der Waals surface area contributed by atoms with Crippen molar-refractivity contribution < 1.29 is 29.0 Å². The van der Waals surface area contributed by atoms with Gasteiger partial charge in [0.2, 0.25) is 23.6 Å². The molecule has 0 aromatic heterocycles. The lowest BCUT2D eigenvalue weighted by Gasteiger charge is -2.33. The molecule has 0 saturated carbocycles. The van der Waals surface area contributed by atoms with Crippen LogP contribution in [0, 0.1) is 47.9 Å². The predicted molar refractivity (Wildman–Crippen MR) is 236 cm³/mol. The summed E-state index contributed by atoms with van der Waals surface area (Å²) >= 11 is 0.900. The van der Waals surface area contributed by atoms with Gasteiger partial charge in [-0.25, -0.2) is 0 Å². The summed E-state index contributed by atoms with van der Waals surface area (Å²) in [5.41, 5.74) is 5.60. The van der Waals surface area contributed by atoms with Crippen LogP contribution < -0.4 is 0 Å². The predicted octanol–water partition coefficient (Wildman–Crippen LogP) is 7.63. The number of piperazine rings is 2. The Morgan fingerprint density at radius 1 is 0.525 bits per heavy atom. The van der Waals surface area contributed by atoms with Crippen molar-refractivity contribution in [2.75, 3.05) is 52.4 Å². The maximum absolute atomic E-state index is 13.3. The standard InChI is InChI=1S/C46H48N6O8S/c1-29-7-9-37(27-31(29)3)43-35(13-17-41(55)49-23-19-47(20-24-49)33(5)53)11-15-39(45(43)51(57)58)61-40-16-12-36(14-18-42(56)50-25-21-48(22-26-50)34(6)54)44(46(40)52(59)60)38-10-8-30(2)32(4)28-38/h7-18,27-28H,19-26H2,1-6H3. The fourth-order valence-corrected chi connectivity index (χ4v) is 8.57. The number of amides is 4. The number of hydrogen-bond acceptors (Lipinski definition) is 9. The molecule has 61 heavy (non-hydrogen) atoms. The van der Waals surface area contributed by atoms with Gasteiger partial charge in [-0.15, -0.1) is 0 Å². The van der Waals surface area contributed by atoms with Crippen molar-refractivity contribution in [1.29, 1.82) is 0 Å². The van der Waals surface area contributed by atoms with E-state index < -0.39 is 9.85 Å². The molecule has 0 N–H and O–H groups in total. The van der Waals surface area contributed by atoms with Crippen molar-refractivity contribution in [1.82, 2.24) is 19.6 Å². The van der Waals surface area contributed by atoms with Gasteiger partial charge in [-0.05, 0) is 96.5 Å². The molecule has 2 aliphatic heterocycles. The highest BCUT2D eigenvalue weighted by Gasteiger charge is 2.31. The Balaban J connectivity index is 1.44. The van der Waals surface area contributed by atoms with Crippen LogP contribution >= 0.6 is 11.8 Å². The Morgan fingerprint density at radius 3 is 1.18 bits per heavy atom. The van der Waals surface area contributed by atoms with Crippen molar-refractivity contribution in [3.05, 3.63) is 126 Å². The van der Waals surface area contributed by atoms with E-state index >= 15 is 0 Å². The molecule has 0 spiro atoms. The number of nitro benzene ring substituents is 2. The van der Waals surface area contributed by atoms with Crippen molar-refractivity contribution >= 4 is 58.9 Å². The van der Waals surface area contributed by atoms with E-state index in [9.17, 15) is 39.4 Å². The number of hydrogen-bond donors (Lipinski definition) is 0. The minimum atomic E-state index is -0.498. The first-order valence-electron chi connectivity index (χ1n) is 19.9. The van der Waals surface area contributed by atoms with Crippen LogP contribution in [0.3, 0.4) is 0 Å². The molecule has 4 amide bonds. The molecule has 0 bridgehead atoms. The first kappa shape index (κ1) is 44.0. The molecule has 316 valence electrons. The molecule has 2 heterocycles. The second kappa shape index (κ2) is 18.8. The van der Waals surface area contributed by atoms with Crippen LogP contribution in [0.2, 0.25) is 0 Å². The molecule has 14 nitrogen and oxygen atoms in total. The van der Waals surface area contributed by atoms with Crippen LogP contribution in [-0.2, 0) is 19.2 Å². The van der Waals surface area contributed by atoms with E-state index in [4.69, 9.17) is 0 Å². The quantitative estimate of drug-likeness (QED) is 0.0886. The number of rotatable bonds is 10. The van der Waals surface area contributed by atoms with E-state index in [0.717, 1.165) is 34.0 Å². The normalized spacial score (nSPS) is 14.5. The third-order valence-corrected chi connectivity index (χ3v) is 12.5. The van der Waals surface area contributed by atoms with E-state index in [0.29, 0.717) is 74.6 Å². The summed E-state index contributed by atoms with van der Waals surface area (Å²) in [6.45, 7) is 13.7. The zero-order valence-corrected chi connectivity index (χ0v) is 35.9. The van der Waals surface area contributed by atoms with E-state index in [1.165, 1.54) is 26.0 Å². The highest BCUT2D eigenvalue weighted by atomic mass is 32.2. The highest BCUT2D eigenvalue weighted by Crippen LogP contribution is 2.48. The maximum Gasteiger partial charge on any atom is 0.291 e. The number of nitrogens with zero attached hydrogens (tertiary/aromatic N) is 6. The van der Waals surface area contributed by atoms with E-state index in [-0.39, 0.29) is 55.9 Å². The van der Waals surface area contributed by atoms with Gasteiger partial charge < -0.3 is 19.6 Å². The van der Waals surface area contributed by atoms with Gasteiger partial charge in [0.1, 0.15) is 0 Å². The van der Waals surface area contributed by atoms with Gasteiger partial charge >= 0.3 is 0 Å². The lowest BCUT2D eigenvalue weighted by molar-refractivity contribution is -0.387. The van der Waals surface area contributed by atoms with Gasteiger partial charge in [0.15, 0.2) is 0 Å². The van der Waals surface area contributed by atoms with Crippen LogP contribution in [0.25, 0.3) is 34.4 Å². The summed E-state index contributed by atoms with van der Waals surface area (Å²) in [6, 6.07) is 17.4. The summed E-state index contributed by atoms with van der Waals surface area (Å²) in [6.07, 6.45) is 5.86. The fraction of sp³-hybridized carbons (Fsp3) is 0.304. The van der Waals surface area contributed by atoms with Crippen LogP contribution in [0.1, 0.15) is 47.2 Å². The molecule has 2 fully saturated rings. The molecule has 4 aromatic carbocycles. The molecular formula is C46H48N6O8S. The van der Waals surface area contributed by atoms with Gasteiger partial charge in [-0.2, -0.15) is 0 Å². The van der Waals surface area contributed by atoms with Gasteiger partial charge in [0.05, 0.1) is 30.8 Å². The van der Waals surface area contributed by atoms with Gasteiger partial charge in [0, 0.05) is 78.4 Å². The largest absolute Gasteiger partial charge is 0.339 e. The molecule has 2 saturated heterocycles. The third kappa shape index (κ3) is 9.89. The SMILES string of the molecule is CC(=O)N1CCN(C(=O)C=Cc2ccc(Sc3ccc(C=CC(=O)N4CCN(C(C)=O)CC4)c(-c4ccc(C)c(C)c4)c3[N+](=O)[O-])c([N+](=O)[O-])c2-c2ccc(C)c(C)c2)CC1. The van der Waals surface area contributed by atoms with Crippen LogP contribution in [-0.4, -0.2) is 105 Å². The minimum absolute atomic E-state index is 0.0599. The Hall–Kier alpha value is -6.61. The Morgan fingerprint density at radius 2 is 0.869 bits per heavy atom. The Labute approximate surface area is 358 Å². The summed E-state index contributed by atoms with van der Waals surface area (Å²) in [5, 5.41) is 26.4. The Bertz CT molecular complexity index is 2330. The highest BCUT2D eigenvalue weighted by molar-refractivity contribution is 7.99. The topological polar surface area (TPSA) is 168 Å². The number of nitro groups is 2. The Kier molecular flexibility index (Phi) is 13.5. The third-order valence-electron chi connectivity index (χ3n) is 11.4. The summed E-state index contributed by atoms with van der Waals surface area (Å²) in [5.74, 6) is -0.710. The second-order valence-corrected chi connectivity index (χ2v) is 16.4. The number of benzene rings is 4. The van der Waals surface area contributed by atoms with Crippen LogP contribution in [0.4, 0.5) is 11.4 Å². The van der Waals surface area contributed by atoms with Crippen LogP contribution in [0.5, 0.6) is 0 Å². The molecule has 6 rings (SSSR count). The summed E-state index contributed by atoms with van der Waals surface area (Å²) in [7, 11) is 0. The van der Waals surface area contributed by atoms with Gasteiger partial charge in [-0.3, -0.25) is 39.4 Å². The molecule has 0 unspecified atom stereocenters. The van der Waals surface area contributed by atoms with Crippen molar-refractivity contribution in [2.45, 2.75) is 51.3 Å². The number of carbonyl (C=O) groups is 4. The monoisotopic (exact) mass is 844 g/mol. The average Bonchev–Trinajstić information content (AvgIpc) is 3.23. The molecule has 0 atom stereocenters. The number of aryl methyl sites for hydroxylation is 4. The lowest BCUT2D eigenvalue weighted by Crippen LogP contribution is -2.49. The van der Waals surface area contributed by atoms with E-state index in [1.54, 1.807) is 68.1 Å². The summed E-state index contributed by atoms with van der Waals surface area (Å²) in [4.78, 5) is 82.6. The molecule has 4 aromatic rings. The average molecular weight is 845 g/mol. The van der Waals surface area contributed by atoms with Crippen LogP contribution in [0.15, 0.2) is 82.6 Å². The molecular weight excluding hydrogens is 797 g/mol. The van der Waals surface area contributed by atoms with Crippen molar-refractivity contribution in [3.63, 3.8) is 0 Å².